The van der Waals surface area contributed by atoms with Crippen LogP contribution in [-0.2, 0) is 0 Å². The average Bonchev–Trinajstić information content (AvgIpc) is 2.06. The van der Waals surface area contributed by atoms with E-state index in [4.69, 9.17) is 0 Å². The summed E-state index contributed by atoms with van der Waals surface area (Å²) in [4.78, 5) is 14.9. The second kappa shape index (κ2) is 2.23. The number of carbonyl (C=O) groups excluding carboxylic acids is 1. The van der Waals surface area contributed by atoms with Crippen molar-refractivity contribution in [1.29, 1.82) is 0 Å². The van der Waals surface area contributed by atoms with E-state index in [0.29, 0.717) is 12.2 Å². The number of pyridine rings is 1. The molecule has 0 saturated carbocycles. The third-order valence-electron chi connectivity index (χ3n) is 1.59. The summed E-state index contributed by atoms with van der Waals surface area (Å²) in [6, 6.07) is 1.79. The predicted octanol–water partition coefficient (Wildman–Crippen LogP) is 0.194. The van der Waals surface area contributed by atoms with E-state index < -0.39 is 0 Å². The Morgan fingerprint density at radius 1 is 1.45 bits per heavy atom. The fourth-order valence-electron chi connectivity index (χ4n) is 1.04. The predicted molar refractivity (Wildman–Crippen MR) is 40.2 cm³/mol. The summed E-state index contributed by atoms with van der Waals surface area (Å²) in [5.74, 6) is -0.0631. The van der Waals surface area contributed by atoms with Crippen LogP contribution in [0.1, 0.15) is 10.4 Å². The van der Waals surface area contributed by atoms with E-state index in [-0.39, 0.29) is 5.91 Å². The van der Waals surface area contributed by atoms with Gasteiger partial charge in [0.15, 0.2) is 0 Å². The van der Waals surface area contributed by atoms with Crippen molar-refractivity contribution in [2.24, 2.45) is 0 Å². The lowest BCUT2D eigenvalue weighted by atomic mass is 10.2. The molecule has 0 bridgehead atoms. The summed E-state index contributed by atoms with van der Waals surface area (Å²) in [6.45, 7) is 0.496. The highest BCUT2D eigenvalue weighted by Gasteiger charge is 2.14. The maximum Gasteiger partial charge on any atom is 0.256 e. The fraction of sp³-hybridized carbons (Fsp3) is 0.143. The number of aromatic nitrogens is 1. The highest BCUT2D eigenvalue weighted by molar-refractivity contribution is 6.00. The van der Waals surface area contributed by atoms with E-state index in [1.165, 1.54) is 0 Å². The van der Waals surface area contributed by atoms with E-state index in [9.17, 15) is 4.79 Å². The first kappa shape index (κ1) is 6.15. The number of fused-ring (bicyclic) bond motifs is 1. The molecule has 1 amide bonds. The normalized spacial score (nSPS) is 14.7. The maximum atomic E-state index is 11.1. The first-order valence-corrected chi connectivity index (χ1v) is 3.34. The van der Waals surface area contributed by atoms with E-state index in [1.807, 2.05) is 0 Å². The smallest absolute Gasteiger partial charge is 0.256 e. The number of amides is 1. The van der Waals surface area contributed by atoms with Crippen LogP contribution in [0.4, 0.5) is 5.69 Å². The lowest BCUT2D eigenvalue weighted by Gasteiger charge is -2.16. The van der Waals surface area contributed by atoms with Gasteiger partial charge in [0.25, 0.3) is 5.91 Å². The number of anilines is 1. The molecule has 0 atom stereocenters. The van der Waals surface area contributed by atoms with E-state index in [1.54, 1.807) is 18.5 Å². The molecule has 0 aromatic carbocycles. The van der Waals surface area contributed by atoms with E-state index in [0.717, 1.165) is 5.69 Å². The lowest BCUT2D eigenvalue weighted by molar-refractivity contribution is 0.0952. The van der Waals surface area contributed by atoms with Crippen molar-refractivity contribution < 1.29 is 4.79 Å². The van der Waals surface area contributed by atoms with Crippen LogP contribution >= 0.6 is 0 Å². The molecule has 1 aliphatic heterocycles. The second-order valence-electron chi connectivity index (χ2n) is 2.28. The quantitative estimate of drug-likeness (QED) is 0.553. The average molecular weight is 149 g/mol. The van der Waals surface area contributed by atoms with Crippen LogP contribution in [-0.4, -0.2) is 17.6 Å². The van der Waals surface area contributed by atoms with Gasteiger partial charge in [-0.3, -0.25) is 9.78 Å². The van der Waals surface area contributed by atoms with Crippen molar-refractivity contribution in [1.82, 2.24) is 10.3 Å². The standard InChI is InChI=1S/C7H7N3O/c11-7-5-3-8-2-1-6(5)9-4-10-7/h1-3,9H,4H2,(H,10,11). The zero-order valence-electron chi connectivity index (χ0n) is 5.79. The third-order valence-corrected chi connectivity index (χ3v) is 1.59. The van der Waals surface area contributed by atoms with Gasteiger partial charge in [-0.05, 0) is 6.07 Å². The van der Waals surface area contributed by atoms with Crippen LogP contribution in [0.15, 0.2) is 18.5 Å². The Balaban J connectivity index is 2.52. The van der Waals surface area contributed by atoms with Gasteiger partial charge in [-0.1, -0.05) is 0 Å². The van der Waals surface area contributed by atoms with Gasteiger partial charge in [0.1, 0.15) is 0 Å². The fourth-order valence-corrected chi connectivity index (χ4v) is 1.04. The molecule has 1 aliphatic rings. The number of nitrogens with one attached hydrogen (secondary N) is 2. The molecular weight excluding hydrogens is 142 g/mol. The number of hydrogen-bond acceptors (Lipinski definition) is 3. The third kappa shape index (κ3) is 0.920. The molecule has 1 aromatic heterocycles. The Labute approximate surface area is 63.6 Å². The van der Waals surface area contributed by atoms with Crippen molar-refractivity contribution in [3.63, 3.8) is 0 Å². The summed E-state index contributed by atoms with van der Waals surface area (Å²) in [5.41, 5.74) is 1.46. The Hall–Kier alpha value is -1.58. The van der Waals surface area contributed by atoms with Crippen molar-refractivity contribution in [3.05, 3.63) is 24.0 Å². The SMILES string of the molecule is O=C1NCNc2ccncc21. The minimum atomic E-state index is -0.0631. The summed E-state index contributed by atoms with van der Waals surface area (Å²) >= 11 is 0. The summed E-state index contributed by atoms with van der Waals surface area (Å²) in [7, 11) is 0. The molecule has 4 heteroatoms. The van der Waals surface area contributed by atoms with Gasteiger partial charge in [-0.2, -0.15) is 0 Å². The molecule has 0 unspecified atom stereocenters. The molecule has 11 heavy (non-hydrogen) atoms. The molecule has 2 heterocycles. The summed E-state index contributed by atoms with van der Waals surface area (Å²) in [5, 5.41) is 5.67. The zero-order valence-corrected chi connectivity index (χ0v) is 5.79. The molecular formula is C7H7N3O. The molecule has 0 spiro atoms. The molecule has 0 saturated heterocycles. The molecule has 1 aromatic rings. The zero-order chi connectivity index (χ0) is 7.68. The van der Waals surface area contributed by atoms with Crippen LogP contribution < -0.4 is 10.6 Å². The molecule has 4 nitrogen and oxygen atoms in total. The Morgan fingerprint density at radius 3 is 3.18 bits per heavy atom. The highest BCUT2D eigenvalue weighted by atomic mass is 16.1. The molecule has 56 valence electrons. The topological polar surface area (TPSA) is 54.0 Å². The first-order valence-electron chi connectivity index (χ1n) is 3.34. The van der Waals surface area contributed by atoms with Crippen LogP contribution in [0.2, 0.25) is 0 Å². The Kier molecular flexibility index (Phi) is 1.25. The first-order chi connectivity index (χ1) is 5.38. The van der Waals surface area contributed by atoms with Crippen LogP contribution in [0.3, 0.4) is 0 Å². The maximum absolute atomic E-state index is 11.1. The van der Waals surface area contributed by atoms with Crippen LogP contribution in [0, 0.1) is 0 Å². The minimum Gasteiger partial charge on any atom is -0.367 e. The van der Waals surface area contributed by atoms with Gasteiger partial charge in [0.05, 0.1) is 17.9 Å². The van der Waals surface area contributed by atoms with Crippen molar-refractivity contribution in [2.45, 2.75) is 0 Å². The minimum absolute atomic E-state index is 0.0631. The molecule has 0 radical (unpaired) electrons. The number of nitrogens with zero attached hydrogens (tertiary/aromatic N) is 1. The van der Waals surface area contributed by atoms with Gasteiger partial charge in [-0.15, -0.1) is 0 Å². The van der Waals surface area contributed by atoms with Gasteiger partial charge >= 0.3 is 0 Å². The van der Waals surface area contributed by atoms with Crippen LogP contribution in [0.5, 0.6) is 0 Å². The Morgan fingerprint density at radius 2 is 2.36 bits per heavy atom. The van der Waals surface area contributed by atoms with E-state index >= 15 is 0 Å². The van der Waals surface area contributed by atoms with Crippen LogP contribution in [0.25, 0.3) is 0 Å². The van der Waals surface area contributed by atoms with E-state index in [2.05, 4.69) is 15.6 Å². The second-order valence-corrected chi connectivity index (χ2v) is 2.28. The van der Waals surface area contributed by atoms with Gasteiger partial charge < -0.3 is 10.6 Å². The lowest BCUT2D eigenvalue weighted by Crippen LogP contribution is -2.34. The van der Waals surface area contributed by atoms with Crippen molar-refractivity contribution >= 4 is 11.6 Å². The van der Waals surface area contributed by atoms with Gasteiger partial charge in [-0.25, -0.2) is 0 Å². The molecule has 0 aliphatic carbocycles. The number of hydrogen-bond donors (Lipinski definition) is 2. The van der Waals surface area contributed by atoms with Gasteiger partial charge in [0, 0.05) is 12.4 Å². The Bertz CT molecular complexity index is 297. The number of carbonyl (C=O) groups is 1. The largest absolute Gasteiger partial charge is 0.367 e. The summed E-state index contributed by atoms with van der Waals surface area (Å²) in [6.07, 6.45) is 3.21. The summed E-state index contributed by atoms with van der Waals surface area (Å²) < 4.78 is 0. The number of rotatable bonds is 0. The van der Waals surface area contributed by atoms with Crippen molar-refractivity contribution in [3.8, 4) is 0 Å². The van der Waals surface area contributed by atoms with Crippen molar-refractivity contribution in [2.75, 3.05) is 12.0 Å². The monoisotopic (exact) mass is 149 g/mol. The molecule has 2 rings (SSSR count). The molecule has 0 fully saturated rings. The highest BCUT2D eigenvalue weighted by Crippen LogP contribution is 2.14. The molecule has 2 N–H and O–H groups in total. The van der Waals surface area contributed by atoms with Gasteiger partial charge in [0.2, 0.25) is 0 Å².